The molecule has 0 unspecified atom stereocenters. The molecule has 9 heteroatoms. The molecule has 0 atom stereocenters. The van der Waals surface area contributed by atoms with Crippen LogP contribution < -0.4 is 10.5 Å². The summed E-state index contributed by atoms with van der Waals surface area (Å²) in [5.74, 6) is -0.732. The predicted octanol–water partition coefficient (Wildman–Crippen LogP) is 4.31. The van der Waals surface area contributed by atoms with Crippen molar-refractivity contribution in [2.75, 3.05) is 0 Å². The standard InChI is InChI=1S/C16H13F4N3OS/c17-14-7-6-13(24-16(18,19)20)8-12(14)9-22-23-15(21)25-10-11-4-2-1-3-5-11/h1-9H,10H2,(H2,21,23). The maximum Gasteiger partial charge on any atom is 0.573 e. The molecule has 0 spiro atoms. The molecule has 0 aliphatic heterocycles. The van der Waals surface area contributed by atoms with E-state index >= 15 is 0 Å². The van der Waals surface area contributed by atoms with Gasteiger partial charge in [-0.2, -0.15) is 5.10 Å². The van der Waals surface area contributed by atoms with Crippen LogP contribution in [0.25, 0.3) is 0 Å². The first-order valence-corrected chi connectivity index (χ1v) is 7.90. The summed E-state index contributed by atoms with van der Waals surface area (Å²) in [5.41, 5.74) is 6.51. The molecule has 0 heterocycles. The third kappa shape index (κ3) is 6.84. The molecule has 2 rings (SSSR count). The van der Waals surface area contributed by atoms with Crippen molar-refractivity contribution in [1.29, 1.82) is 0 Å². The average molecular weight is 371 g/mol. The molecule has 0 amide bonds. The van der Waals surface area contributed by atoms with Crippen molar-refractivity contribution < 1.29 is 22.3 Å². The van der Waals surface area contributed by atoms with E-state index in [2.05, 4.69) is 14.9 Å². The Balaban J connectivity index is 1.99. The number of alkyl halides is 3. The molecule has 0 radical (unpaired) electrons. The summed E-state index contributed by atoms with van der Waals surface area (Å²) in [7, 11) is 0. The Labute approximate surface area is 145 Å². The molecule has 2 aromatic carbocycles. The zero-order valence-electron chi connectivity index (χ0n) is 12.7. The largest absolute Gasteiger partial charge is 0.573 e. The van der Waals surface area contributed by atoms with Gasteiger partial charge < -0.3 is 10.5 Å². The van der Waals surface area contributed by atoms with Crippen LogP contribution in [0.5, 0.6) is 5.75 Å². The topological polar surface area (TPSA) is 60.0 Å². The van der Waals surface area contributed by atoms with Gasteiger partial charge in [-0.25, -0.2) is 4.39 Å². The SMILES string of the molecule is NC(=NN=Cc1cc(OC(F)(F)F)ccc1F)SCc1ccccc1. The molecule has 0 fully saturated rings. The molecule has 25 heavy (non-hydrogen) atoms. The van der Waals surface area contributed by atoms with Gasteiger partial charge in [0.05, 0.1) is 6.21 Å². The summed E-state index contributed by atoms with van der Waals surface area (Å²) < 4.78 is 53.8. The van der Waals surface area contributed by atoms with Gasteiger partial charge in [-0.1, -0.05) is 42.1 Å². The Morgan fingerprint density at radius 2 is 1.88 bits per heavy atom. The zero-order valence-corrected chi connectivity index (χ0v) is 13.5. The predicted molar refractivity (Wildman–Crippen MR) is 90.0 cm³/mol. The monoisotopic (exact) mass is 371 g/mol. The number of nitrogens with two attached hydrogens (primary N) is 1. The maximum absolute atomic E-state index is 13.6. The van der Waals surface area contributed by atoms with Gasteiger partial charge in [-0.3, -0.25) is 0 Å². The molecule has 0 saturated carbocycles. The Morgan fingerprint density at radius 3 is 2.56 bits per heavy atom. The maximum atomic E-state index is 13.6. The zero-order chi connectivity index (χ0) is 18.3. The van der Waals surface area contributed by atoms with Crippen LogP contribution in [0.1, 0.15) is 11.1 Å². The van der Waals surface area contributed by atoms with Crippen LogP contribution in [-0.2, 0) is 5.75 Å². The lowest BCUT2D eigenvalue weighted by atomic mass is 10.2. The van der Waals surface area contributed by atoms with Gasteiger partial charge in [0.15, 0.2) is 5.17 Å². The van der Waals surface area contributed by atoms with Crippen molar-refractivity contribution in [3.8, 4) is 5.75 Å². The molecule has 132 valence electrons. The normalized spacial score (nSPS) is 12.6. The van der Waals surface area contributed by atoms with Crippen molar-refractivity contribution in [2.45, 2.75) is 12.1 Å². The fourth-order valence-corrected chi connectivity index (χ4v) is 2.34. The van der Waals surface area contributed by atoms with Crippen LogP contribution in [0.15, 0.2) is 58.7 Å². The highest BCUT2D eigenvalue weighted by Crippen LogP contribution is 2.24. The van der Waals surface area contributed by atoms with Gasteiger partial charge in [0, 0.05) is 11.3 Å². The molecule has 2 N–H and O–H groups in total. The number of halogens is 4. The van der Waals surface area contributed by atoms with Crippen LogP contribution in [0.3, 0.4) is 0 Å². The summed E-state index contributed by atoms with van der Waals surface area (Å²) in [6.45, 7) is 0. The first-order chi connectivity index (χ1) is 11.8. The first-order valence-electron chi connectivity index (χ1n) is 6.92. The minimum atomic E-state index is -4.86. The quantitative estimate of drug-likeness (QED) is 0.369. The average Bonchev–Trinajstić information content (AvgIpc) is 2.55. The molecular formula is C16H13F4N3OS. The van der Waals surface area contributed by atoms with E-state index in [9.17, 15) is 17.6 Å². The lowest BCUT2D eigenvalue weighted by Crippen LogP contribution is -2.17. The number of rotatable bonds is 5. The van der Waals surface area contributed by atoms with Crippen molar-refractivity contribution >= 4 is 23.1 Å². The van der Waals surface area contributed by atoms with E-state index in [1.165, 1.54) is 11.8 Å². The number of hydrogen-bond donors (Lipinski definition) is 1. The van der Waals surface area contributed by atoms with E-state index in [0.29, 0.717) is 5.75 Å². The van der Waals surface area contributed by atoms with E-state index in [1.54, 1.807) is 0 Å². The summed E-state index contributed by atoms with van der Waals surface area (Å²) in [4.78, 5) is 0. The van der Waals surface area contributed by atoms with Crippen molar-refractivity contribution in [3.63, 3.8) is 0 Å². The van der Waals surface area contributed by atoms with Crippen molar-refractivity contribution in [2.24, 2.45) is 15.9 Å². The third-order valence-electron chi connectivity index (χ3n) is 2.78. The van der Waals surface area contributed by atoms with Crippen LogP contribution in [-0.4, -0.2) is 17.7 Å². The summed E-state index contributed by atoms with van der Waals surface area (Å²) >= 11 is 1.23. The molecule has 4 nitrogen and oxygen atoms in total. The Kier molecular flexibility index (Phi) is 6.40. The van der Waals surface area contributed by atoms with Gasteiger partial charge in [0.25, 0.3) is 0 Å². The highest BCUT2D eigenvalue weighted by atomic mass is 32.2. The van der Waals surface area contributed by atoms with Crippen LogP contribution >= 0.6 is 11.8 Å². The molecule has 0 bridgehead atoms. The minimum Gasteiger partial charge on any atom is -0.406 e. The number of hydrogen-bond acceptors (Lipinski definition) is 4. The summed E-state index contributed by atoms with van der Waals surface area (Å²) in [5, 5.41) is 7.41. The van der Waals surface area contributed by atoms with Gasteiger partial charge >= 0.3 is 6.36 Å². The minimum absolute atomic E-state index is 0.142. The number of nitrogens with zero attached hydrogens (tertiary/aromatic N) is 2. The van der Waals surface area contributed by atoms with Gasteiger partial charge in [0.1, 0.15) is 11.6 Å². The summed E-state index contributed by atoms with van der Waals surface area (Å²) in [6.07, 6.45) is -3.89. The van der Waals surface area contributed by atoms with E-state index in [-0.39, 0.29) is 10.7 Å². The molecule has 0 aliphatic carbocycles. The lowest BCUT2D eigenvalue weighted by molar-refractivity contribution is -0.274. The van der Waals surface area contributed by atoms with E-state index in [4.69, 9.17) is 5.73 Å². The number of amidine groups is 1. The van der Waals surface area contributed by atoms with Gasteiger partial charge in [-0.05, 0) is 23.8 Å². The van der Waals surface area contributed by atoms with E-state index in [0.717, 1.165) is 30.0 Å². The smallest absolute Gasteiger partial charge is 0.406 e. The van der Waals surface area contributed by atoms with Gasteiger partial charge in [-0.15, -0.1) is 18.3 Å². The van der Waals surface area contributed by atoms with Crippen LogP contribution in [0.4, 0.5) is 17.6 Å². The second-order valence-electron chi connectivity index (χ2n) is 4.69. The molecule has 0 saturated heterocycles. The number of ether oxygens (including phenoxy) is 1. The molecule has 2 aromatic rings. The molecule has 0 aliphatic rings. The van der Waals surface area contributed by atoms with Crippen LogP contribution in [0.2, 0.25) is 0 Å². The molecular weight excluding hydrogens is 358 g/mol. The third-order valence-corrected chi connectivity index (χ3v) is 3.64. The number of thioether (sulfide) groups is 1. The lowest BCUT2D eigenvalue weighted by Gasteiger charge is -2.09. The second kappa shape index (κ2) is 8.52. The Hall–Kier alpha value is -2.55. The fourth-order valence-electron chi connectivity index (χ4n) is 1.73. The van der Waals surface area contributed by atoms with Crippen molar-refractivity contribution in [1.82, 2.24) is 0 Å². The van der Waals surface area contributed by atoms with E-state index in [1.807, 2.05) is 30.3 Å². The first kappa shape index (κ1) is 18.8. The van der Waals surface area contributed by atoms with Gasteiger partial charge in [0.2, 0.25) is 0 Å². The fraction of sp³-hybridized carbons (Fsp3) is 0.125. The Morgan fingerprint density at radius 1 is 1.16 bits per heavy atom. The van der Waals surface area contributed by atoms with Crippen LogP contribution in [0, 0.1) is 5.82 Å². The van der Waals surface area contributed by atoms with E-state index < -0.39 is 17.9 Å². The number of benzene rings is 2. The highest BCUT2D eigenvalue weighted by Gasteiger charge is 2.31. The highest BCUT2D eigenvalue weighted by molar-refractivity contribution is 8.13. The molecule has 0 aromatic heterocycles. The second-order valence-corrected chi connectivity index (χ2v) is 5.68. The summed E-state index contributed by atoms with van der Waals surface area (Å²) in [6, 6.07) is 12.1. The Bertz CT molecular complexity index is 764. The van der Waals surface area contributed by atoms with Crippen molar-refractivity contribution in [3.05, 3.63) is 65.5 Å².